The van der Waals surface area contributed by atoms with E-state index in [1.165, 1.54) is 11.1 Å². The Bertz CT molecular complexity index is 1240. The van der Waals surface area contributed by atoms with Crippen molar-refractivity contribution in [3.8, 4) is 17.3 Å². The van der Waals surface area contributed by atoms with E-state index in [4.69, 9.17) is 4.42 Å². The number of aromatic nitrogens is 3. The maximum absolute atomic E-state index is 13.3. The number of amides is 1. The highest BCUT2D eigenvalue weighted by molar-refractivity contribution is 5.91. The van der Waals surface area contributed by atoms with E-state index in [9.17, 15) is 4.79 Å². The zero-order chi connectivity index (χ0) is 22.8. The highest BCUT2D eigenvalue weighted by Crippen LogP contribution is 2.23. The molecular formula is C26H27N5O2. The van der Waals surface area contributed by atoms with Gasteiger partial charge in [0.15, 0.2) is 11.6 Å². The van der Waals surface area contributed by atoms with Gasteiger partial charge < -0.3 is 9.32 Å². The van der Waals surface area contributed by atoms with Gasteiger partial charge in [0.2, 0.25) is 5.82 Å². The number of benzene rings is 2. The fraction of sp³-hybridized carbons (Fsp3) is 0.269. The molecule has 0 aliphatic carbocycles. The topological polar surface area (TPSA) is 67.4 Å². The van der Waals surface area contributed by atoms with Crippen LogP contribution in [0.3, 0.4) is 0 Å². The molecule has 0 bridgehead atoms. The van der Waals surface area contributed by atoms with Crippen molar-refractivity contribution < 1.29 is 9.21 Å². The average molecular weight is 442 g/mol. The number of carbonyl (C=O) groups excluding carboxylic acids is 1. The Hall–Kier alpha value is -3.71. The zero-order valence-electron chi connectivity index (χ0n) is 18.9. The van der Waals surface area contributed by atoms with Crippen molar-refractivity contribution in [2.75, 3.05) is 26.2 Å². The predicted molar refractivity (Wildman–Crippen MR) is 126 cm³/mol. The molecular weight excluding hydrogens is 414 g/mol. The van der Waals surface area contributed by atoms with Crippen LogP contribution >= 0.6 is 0 Å². The van der Waals surface area contributed by atoms with E-state index in [0.717, 1.165) is 30.9 Å². The molecule has 0 unspecified atom stereocenters. The van der Waals surface area contributed by atoms with Crippen LogP contribution in [0.15, 0.2) is 71.3 Å². The first-order valence-corrected chi connectivity index (χ1v) is 11.2. The summed E-state index contributed by atoms with van der Waals surface area (Å²) < 4.78 is 7.26. The first kappa shape index (κ1) is 21.2. The molecule has 0 atom stereocenters. The molecule has 2 aromatic heterocycles. The minimum Gasteiger partial charge on any atom is -0.461 e. The summed E-state index contributed by atoms with van der Waals surface area (Å²) in [5.41, 5.74) is 4.50. The molecule has 7 nitrogen and oxygen atoms in total. The molecule has 1 fully saturated rings. The third kappa shape index (κ3) is 4.59. The molecule has 0 N–H and O–H groups in total. The third-order valence-corrected chi connectivity index (χ3v) is 5.97. The quantitative estimate of drug-likeness (QED) is 0.466. The van der Waals surface area contributed by atoms with Gasteiger partial charge in [-0.3, -0.25) is 9.69 Å². The van der Waals surface area contributed by atoms with Gasteiger partial charge in [-0.2, -0.15) is 4.98 Å². The number of aryl methyl sites for hydroxylation is 2. The number of nitrogens with zero attached hydrogens (tertiary/aromatic N) is 5. The summed E-state index contributed by atoms with van der Waals surface area (Å²) in [7, 11) is 0. The van der Waals surface area contributed by atoms with Crippen molar-refractivity contribution in [3.05, 3.63) is 89.4 Å². The summed E-state index contributed by atoms with van der Waals surface area (Å²) in [5, 5.41) is 4.59. The Morgan fingerprint density at radius 1 is 0.939 bits per heavy atom. The minimum absolute atomic E-state index is 0.149. The maximum atomic E-state index is 13.3. The van der Waals surface area contributed by atoms with E-state index in [0.29, 0.717) is 24.7 Å². The van der Waals surface area contributed by atoms with Crippen LogP contribution in [-0.4, -0.2) is 56.7 Å². The molecule has 1 aliphatic rings. The van der Waals surface area contributed by atoms with Crippen molar-refractivity contribution in [2.45, 2.75) is 20.4 Å². The molecule has 5 rings (SSSR count). The lowest BCUT2D eigenvalue weighted by molar-refractivity contribution is 0.0616. The SMILES string of the molecule is Cc1ccc(CN2CCN(C(=O)c3nc(-c4ccco4)n(-c4cccc(C)c4)n3)CC2)cc1. The highest BCUT2D eigenvalue weighted by atomic mass is 16.3. The van der Waals surface area contributed by atoms with Crippen molar-refractivity contribution in [2.24, 2.45) is 0 Å². The smallest absolute Gasteiger partial charge is 0.293 e. The van der Waals surface area contributed by atoms with Crippen LogP contribution in [0.5, 0.6) is 0 Å². The summed E-state index contributed by atoms with van der Waals surface area (Å²) in [6.45, 7) is 7.96. The fourth-order valence-electron chi connectivity index (χ4n) is 4.11. The molecule has 0 radical (unpaired) electrons. The highest BCUT2D eigenvalue weighted by Gasteiger charge is 2.27. The second-order valence-corrected chi connectivity index (χ2v) is 8.54. The number of carbonyl (C=O) groups is 1. The monoisotopic (exact) mass is 441 g/mol. The normalized spacial score (nSPS) is 14.5. The lowest BCUT2D eigenvalue weighted by Crippen LogP contribution is -2.48. The van der Waals surface area contributed by atoms with Crippen molar-refractivity contribution in [1.82, 2.24) is 24.6 Å². The van der Waals surface area contributed by atoms with E-state index in [-0.39, 0.29) is 11.7 Å². The lowest BCUT2D eigenvalue weighted by atomic mass is 10.1. The molecule has 3 heterocycles. The van der Waals surface area contributed by atoms with Crippen molar-refractivity contribution >= 4 is 5.91 Å². The molecule has 1 aliphatic heterocycles. The van der Waals surface area contributed by atoms with Gasteiger partial charge in [-0.1, -0.05) is 42.0 Å². The summed E-state index contributed by atoms with van der Waals surface area (Å²) >= 11 is 0. The van der Waals surface area contributed by atoms with E-state index < -0.39 is 0 Å². The molecule has 1 amide bonds. The number of hydrogen-bond acceptors (Lipinski definition) is 5. The molecule has 33 heavy (non-hydrogen) atoms. The first-order chi connectivity index (χ1) is 16.1. The van der Waals surface area contributed by atoms with Gasteiger partial charge in [-0.05, 0) is 49.2 Å². The molecule has 4 aromatic rings. The van der Waals surface area contributed by atoms with E-state index in [1.807, 2.05) is 42.2 Å². The second-order valence-electron chi connectivity index (χ2n) is 8.54. The summed E-state index contributed by atoms with van der Waals surface area (Å²) in [5.74, 6) is 1.14. The number of hydrogen-bond donors (Lipinski definition) is 0. The van der Waals surface area contributed by atoms with Gasteiger partial charge in [0.05, 0.1) is 12.0 Å². The van der Waals surface area contributed by atoms with Crippen LogP contribution in [0.1, 0.15) is 27.3 Å². The standard InChI is InChI=1S/C26H27N5O2/c1-19-8-10-21(11-9-19)18-29-12-14-30(15-13-29)26(32)24-27-25(23-7-4-16-33-23)31(28-24)22-6-3-5-20(2)17-22/h3-11,16-17H,12-15,18H2,1-2H3. The summed E-state index contributed by atoms with van der Waals surface area (Å²) in [6.07, 6.45) is 1.60. The van der Waals surface area contributed by atoms with Gasteiger partial charge in [-0.25, -0.2) is 4.68 Å². The van der Waals surface area contributed by atoms with Gasteiger partial charge >= 0.3 is 0 Å². The molecule has 0 saturated carbocycles. The van der Waals surface area contributed by atoms with Gasteiger partial charge in [-0.15, -0.1) is 5.10 Å². The first-order valence-electron chi connectivity index (χ1n) is 11.2. The average Bonchev–Trinajstić information content (AvgIpc) is 3.51. The Morgan fingerprint density at radius 2 is 1.73 bits per heavy atom. The van der Waals surface area contributed by atoms with Crippen LogP contribution < -0.4 is 0 Å². The Kier molecular flexibility index (Phi) is 5.79. The Balaban J connectivity index is 1.33. The molecule has 7 heteroatoms. The predicted octanol–water partition coefficient (Wildman–Crippen LogP) is 4.10. The third-order valence-electron chi connectivity index (χ3n) is 5.97. The Labute approximate surface area is 193 Å². The second kappa shape index (κ2) is 9.03. The van der Waals surface area contributed by atoms with E-state index >= 15 is 0 Å². The lowest BCUT2D eigenvalue weighted by Gasteiger charge is -2.34. The molecule has 2 aromatic carbocycles. The largest absolute Gasteiger partial charge is 0.461 e. The fourth-order valence-corrected chi connectivity index (χ4v) is 4.11. The van der Waals surface area contributed by atoms with Crippen molar-refractivity contribution in [3.63, 3.8) is 0 Å². The Morgan fingerprint density at radius 3 is 2.42 bits per heavy atom. The van der Waals surface area contributed by atoms with E-state index in [2.05, 4.69) is 46.2 Å². The molecule has 168 valence electrons. The van der Waals surface area contributed by atoms with Crippen LogP contribution in [0, 0.1) is 13.8 Å². The van der Waals surface area contributed by atoms with Crippen LogP contribution in [-0.2, 0) is 6.54 Å². The van der Waals surface area contributed by atoms with E-state index in [1.54, 1.807) is 17.0 Å². The summed E-state index contributed by atoms with van der Waals surface area (Å²) in [6, 6.07) is 20.2. The minimum atomic E-state index is -0.149. The van der Waals surface area contributed by atoms with Crippen LogP contribution in [0.4, 0.5) is 0 Å². The van der Waals surface area contributed by atoms with Crippen LogP contribution in [0.25, 0.3) is 17.3 Å². The van der Waals surface area contributed by atoms with Crippen molar-refractivity contribution in [1.29, 1.82) is 0 Å². The van der Waals surface area contributed by atoms with Gasteiger partial charge in [0.1, 0.15) is 0 Å². The van der Waals surface area contributed by atoms with Crippen LogP contribution in [0.2, 0.25) is 0 Å². The van der Waals surface area contributed by atoms with Gasteiger partial charge in [0.25, 0.3) is 5.91 Å². The number of rotatable bonds is 5. The zero-order valence-corrected chi connectivity index (χ0v) is 18.9. The van der Waals surface area contributed by atoms with Gasteiger partial charge in [0, 0.05) is 32.7 Å². The number of piperazine rings is 1. The summed E-state index contributed by atoms with van der Waals surface area (Å²) in [4.78, 5) is 22.1. The maximum Gasteiger partial charge on any atom is 0.293 e. The number of furan rings is 1. The molecule has 0 spiro atoms. The molecule has 1 saturated heterocycles.